The molecule has 2 rings (SSSR count). The van der Waals surface area contributed by atoms with Crippen LogP contribution in [0.2, 0.25) is 0 Å². The second-order valence-electron chi connectivity index (χ2n) is 6.02. The van der Waals surface area contributed by atoms with E-state index >= 15 is 0 Å². The SMILES string of the molecule is COc1cc(O)c2c(c1)C=CC[C@H](O)[C@@H](O)C(=O)/C=C/C[C@H](C)OC2=O. The molecule has 1 heterocycles. The largest absolute Gasteiger partial charge is 0.507 e. The van der Waals surface area contributed by atoms with Crippen LogP contribution in [-0.4, -0.2) is 52.5 Å². The van der Waals surface area contributed by atoms with Gasteiger partial charge >= 0.3 is 5.97 Å². The molecule has 1 aromatic carbocycles. The summed E-state index contributed by atoms with van der Waals surface area (Å²) in [5.41, 5.74) is 0.306. The van der Waals surface area contributed by atoms with Gasteiger partial charge in [-0.15, -0.1) is 0 Å². The molecule has 0 radical (unpaired) electrons. The zero-order valence-corrected chi connectivity index (χ0v) is 14.6. The Hall–Kier alpha value is -2.64. The summed E-state index contributed by atoms with van der Waals surface area (Å²) in [5, 5.41) is 30.0. The molecule has 0 saturated carbocycles. The Morgan fingerprint density at radius 1 is 1.12 bits per heavy atom. The highest BCUT2D eigenvalue weighted by Crippen LogP contribution is 2.30. The molecule has 140 valence electrons. The summed E-state index contributed by atoms with van der Waals surface area (Å²) in [4.78, 5) is 24.3. The number of benzene rings is 1. The van der Waals surface area contributed by atoms with Gasteiger partial charge < -0.3 is 24.8 Å². The number of cyclic esters (lactones) is 1. The third kappa shape index (κ3) is 4.71. The minimum absolute atomic E-state index is 0.0242. The molecule has 7 nitrogen and oxygen atoms in total. The molecule has 0 amide bonds. The fraction of sp³-hybridized carbons (Fsp3) is 0.368. The van der Waals surface area contributed by atoms with Gasteiger partial charge in [0.05, 0.1) is 13.2 Å². The second-order valence-corrected chi connectivity index (χ2v) is 6.02. The van der Waals surface area contributed by atoms with Crippen molar-refractivity contribution in [3.8, 4) is 11.5 Å². The summed E-state index contributed by atoms with van der Waals surface area (Å²) in [6, 6.07) is 2.84. The molecular formula is C19H22O7. The van der Waals surface area contributed by atoms with Crippen molar-refractivity contribution in [2.75, 3.05) is 7.11 Å². The molecule has 7 heteroatoms. The van der Waals surface area contributed by atoms with Gasteiger partial charge in [-0.3, -0.25) is 4.79 Å². The van der Waals surface area contributed by atoms with Crippen LogP contribution in [0.25, 0.3) is 6.08 Å². The maximum atomic E-state index is 12.4. The average molecular weight is 362 g/mol. The molecule has 1 aliphatic rings. The van der Waals surface area contributed by atoms with Crippen LogP contribution in [0.4, 0.5) is 0 Å². The summed E-state index contributed by atoms with van der Waals surface area (Å²) in [6.07, 6.45) is 2.42. The average Bonchev–Trinajstić information content (AvgIpc) is 2.59. The molecule has 3 atom stereocenters. The van der Waals surface area contributed by atoms with E-state index < -0.39 is 30.1 Å². The fourth-order valence-electron chi connectivity index (χ4n) is 2.51. The predicted molar refractivity (Wildman–Crippen MR) is 94.0 cm³/mol. The number of fused-ring (bicyclic) bond motifs is 1. The van der Waals surface area contributed by atoms with Crippen LogP contribution in [0.15, 0.2) is 30.4 Å². The van der Waals surface area contributed by atoms with Crippen molar-refractivity contribution in [1.29, 1.82) is 0 Å². The Morgan fingerprint density at radius 3 is 2.50 bits per heavy atom. The van der Waals surface area contributed by atoms with Gasteiger partial charge in [-0.25, -0.2) is 4.79 Å². The van der Waals surface area contributed by atoms with Crippen LogP contribution in [0.1, 0.15) is 35.7 Å². The van der Waals surface area contributed by atoms with E-state index in [4.69, 9.17) is 9.47 Å². The van der Waals surface area contributed by atoms with Gasteiger partial charge in [0, 0.05) is 12.5 Å². The number of ether oxygens (including phenoxy) is 2. The lowest BCUT2D eigenvalue weighted by Crippen LogP contribution is -2.32. The molecule has 0 aromatic heterocycles. The van der Waals surface area contributed by atoms with E-state index in [0.29, 0.717) is 11.3 Å². The van der Waals surface area contributed by atoms with Gasteiger partial charge in [0.15, 0.2) is 5.78 Å². The minimum Gasteiger partial charge on any atom is -0.507 e. The van der Waals surface area contributed by atoms with Crippen molar-refractivity contribution >= 4 is 17.8 Å². The third-order valence-electron chi connectivity index (χ3n) is 3.95. The zero-order chi connectivity index (χ0) is 19.3. The number of methoxy groups -OCH3 is 1. The second kappa shape index (κ2) is 8.64. The predicted octanol–water partition coefficient (Wildman–Crippen LogP) is 1.60. The topological polar surface area (TPSA) is 113 Å². The highest BCUT2D eigenvalue weighted by Gasteiger charge is 2.23. The number of phenolic OH excluding ortho intramolecular Hbond substituents is 1. The van der Waals surface area contributed by atoms with Crippen LogP contribution in [0.5, 0.6) is 11.5 Å². The highest BCUT2D eigenvalue weighted by atomic mass is 16.5. The summed E-state index contributed by atoms with van der Waals surface area (Å²) in [6.45, 7) is 1.64. The lowest BCUT2D eigenvalue weighted by Gasteiger charge is -2.16. The van der Waals surface area contributed by atoms with E-state index in [-0.39, 0.29) is 24.2 Å². The Kier molecular flexibility index (Phi) is 6.54. The first-order valence-electron chi connectivity index (χ1n) is 8.18. The lowest BCUT2D eigenvalue weighted by molar-refractivity contribution is -0.127. The first-order valence-corrected chi connectivity index (χ1v) is 8.18. The van der Waals surface area contributed by atoms with E-state index in [1.165, 1.54) is 37.5 Å². The van der Waals surface area contributed by atoms with Crippen molar-refractivity contribution < 1.29 is 34.4 Å². The number of ketones is 1. The molecule has 0 saturated heterocycles. The van der Waals surface area contributed by atoms with Gasteiger partial charge in [-0.1, -0.05) is 18.2 Å². The Morgan fingerprint density at radius 2 is 1.81 bits per heavy atom. The summed E-state index contributed by atoms with van der Waals surface area (Å²) in [7, 11) is 1.42. The molecule has 3 N–H and O–H groups in total. The molecule has 26 heavy (non-hydrogen) atoms. The first kappa shape index (κ1) is 19.7. The van der Waals surface area contributed by atoms with Crippen LogP contribution < -0.4 is 4.74 Å². The van der Waals surface area contributed by atoms with Gasteiger partial charge in [-0.05, 0) is 31.1 Å². The molecule has 0 bridgehead atoms. The summed E-state index contributed by atoms with van der Waals surface area (Å²) < 4.78 is 10.4. The number of carbonyl (C=O) groups is 2. The monoisotopic (exact) mass is 362 g/mol. The Bertz CT molecular complexity index is 736. The number of aliphatic hydroxyl groups is 2. The molecule has 1 aliphatic heterocycles. The fourth-order valence-corrected chi connectivity index (χ4v) is 2.51. The van der Waals surface area contributed by atoms with E-state index in [9.17, 15) is 24.9 Å². The van der Waals surface area contributed by atoms with Crippen molar-refractivity contribution in [2.24, 2.45) is 0 Å². The maximum Gasteiger partial charge on any atom is 0.342 e. The number of carbonyl (C=O) groups excluding carboxylic acids is 2. The number of hydrogen-bond donors (Lipinski definition) is 3. The summed E-state index contributed by atoms with van der Waals surface area (Å²) in [5.74, 6) is -1.29. The van der Waals surface area contributed by atoms with Gasteiger partial charge in [0.1, 0.15) is 29.3 Å². The normalized spacial score (nSPS) is 25.8. The number of phenols is 1. The molecular weight excluding hydrogens is 340 g/mol. The van der Waals surface area contributed by atoms with Crippen LogP contribution in [-0.2, 0) is 9.53 Å². The van der Waals surface area contributed by atoms with Crippen LogP contribution in [0.3, 0.4) is 0 Å². The minimum atomic E-state index is -1.55. The smallest absolute Gasteiger partial charge is 0.342 e. The van der Waals surface area contributed by atoms with E-state index in [1.807, 2.05) is 0 Å². The quantitative estimate of drug-likeness (QED) is 0.650. The van der Waals surface area contributed by atoms with Crippen molar-refractivity contribution in [3.63, 3.8) is 0 Å². The van der Waals surface area contributed by atoms with Crippen LogP contribution in [0, 0.1) is 0 Å². The molecule has 0 aliphatic carbocycles. The molecule has 0 spiro atoms. The number of aromatic hydroxyl groups is 1. The maximum absolute atomic E-state index is 12.4. The molecule has 1 aromatic rings. The van der Waals surface area contributed by atoms with Gasteiger partial charge in [0.25, 0.3) is 0 Å². The number of hydrogen-bond acceptors (Lipinski definition) is 7. The molecule has 0 fully saturated rings. The number of esters is 1. The number of aliphatic hydroxyl groups excluding tert-OH is 2. The van der Waals surface area contributed by atoms with Gasteiger partial charge in [-0.2, -0.15) is 0 Å². The first-order chi connectivity index (χ1) is 12.3. The van der Waals surface area contributed by atoms with Crippen molar-refractivity contribution in [1.82, 2.24) is 0 Å². The van der Waals surface area contributed by atoms with Crippen molar-refractivity contribution in [2.45, 2.75) is 38.1 Å². The number of rotatable bonds is 1. The van der Waals surface area contributed by atoms with E-state index in [2.05, 4.69) is 0 Å². The van der Waals surface area contributed by atoms with E-state index in [0.717, 1.165) is 6.08 Å². The van der Waals surface area contributed by atoms with E-state index in [1.54, 1.807) is 6.92 Å². The highest BCUT2D eigenvalue weighted by molar-refractivity contribution is 5.97. The molecule has 0 unspecified atom stereocenters. The van der Waals surface area contributed by atoms with Gasteiger partial charge in [0.2, 0.25) is 0 Å². The summed E-state index contributed by atoms with van der Waals surface area (Å²) >= 11 is 0. The standard InChI is InChI=1S/C19H22O7/c1-11-5-3-7-14(20)18(23)15(21)8-4-6-12-9-13(25-2)10-16(22)17(12)19(24)26-11/h3-4,6-7,9-11,15,18,21-23H,5,8H2,1-2H3/b6-4?,7-3+/t11-,15-,18-/m0/s1. The van der Waals surface area contributed by atoms with Crippen molar-refractivity contribution in [3.05, 3.63) is 41.5 Å². The van der Waals surface area contributed by atoms with Crippen LogP contribution >= 0.6 is 0 Å². The lowest BCUT2D eigenvalue weighted by atomic mass is 10.0. The third-order valence-corrected chi connectivity index (χ3v) is 3.95. The zero-order valence-electron chi connectivity index (χ0n) is 14.6. The Balaban J connectivity index is 2.45. The Labute approximate surface area is 151 Å².